The van der Waals surface area contributed by atoms with Gasteiger partial charge in [0, 0.05) is 17.5 Å². The smallest absolute Gasteiger partial charge is 0.115 e. The second-order valence-electron chi connectivity index (χ2n) is 4.39. The van der Waals surface area contributed by atoms with E-state index in [9.17, 15) is 0 Å². The van der Waals surface area contributed by atoms with Crippen LogP contribution in [0.1, 0.15) is 17.3 Å². The highest BCUT2D eigenvalue weighted by atomic mass is 32.1. The molecule has 1 atom stereocenters. The fourth-order valence-electron chi connectivity index (χ4n) is 2.17. The van der Waals surface area contributed by atoms with Crippen molar-refractivity contribution in [1.82, 2.24) is 9.97 Å². The van der Waals surface area contributed by atoms with Crippen LogP contribution in [0.25, 0.3) is 11.3 Å². The first-order valence-corrected chi connectivity index (χ1v) is 7.15. The first-order chi connectivity index (χ1) is 9.38. The lowest BCUT2D eigenvalue weighted by molar-refractivity contribution is 0.765. The molecule has 1 unspecified atom stereocenters. The van der Waals surface area contributed by atoms with Crippen molar-refractivity contribution in [2.45, 2.75) is 5.92 Å². The Balaban J connectivity index is 1.93. The molecule has 0 aliphatic carbocycles. The number of H-pyrrole nitrogens is 1. The second-order valence-corrected chi connectivity index (χ2v) is 5.17. The van der Waals surface area contributed by atoms with Crippen molar-refractivity contribution in [3.63, 3.8) is 0 Å². The number of aromatic nitrogens is 2. The zero-order chi connectivity index (χ0) is 13.1. The SMILES string of the molecule is NCC(c1ccccc1)c1ncc(-c2ccsc2)[nH]1. The molecule has 96 valence electrons. The van der Waals surface area contributed by atoms with Gasteiger partial charge in [0.2, 0.25) is 0 Å². The number of aromatic amines is 1. The largest absolute Gasteiger partial charge is 0.341 e. The van der Waals surface area contributed by atoms with Gasteiger partial charge in [0.25, 0.3) is 0 Å². The van der Waals surface area contributed by atoms with Crippen LogP contribution in [0.2, 0.25) is 0 Å². The molecule has 19 heavy (non-hydrogen) atoms. The van der Waals surface area contributed by atoms with Gasteiger partial charge < -0.3 is 10.7 Å². The van der Waals surface area contributed by atoms with Crippen LogP contribution < -0.4 is 5.73 Å². The van der Waals surface area contributed by atoms with Crippen LogP contribution in [0.4, 0.5) is 0 Å². The molecule has 1 aromatic carbocycles. The Morgan fingerprint density at radius 2 is 2.05 bits per heavy atom. The Hall–Kier alpha value is -1.91. The van der Waals surface area contributed by atoms with Crippen LogP contribution >= 0.6 is 11.3 Å². The predicted molar refractivity (Wildman–Crippen MR) is 79.2 cm³/mol. The Labute approximate surface area is 116 Å². The van der Waals surface area contributed by atoms with Crippen molar-refractivity contribution in [1.29, 1.82) is 0 Å². The number of nitrogens with two attached hydrogens (primary N) is 1. The minimum absolute atomic E-state index is 0.119. The number of nitrogens with zero attached hydrogens (tertiary/aromatic N) is 1. The van der Waals surface area contributed by atoms with Gasteiger partial charge >= 0.3 is 0 Å². The van der Waals surface area contributed by atoms with Crippen molar-refractivity contribution in [3.05, 3.63) is 64.7 Å². The maximum atomic E-state index is 5.91. The number of rotatable bonds is 4. The van der Waals surface area contributed by atoms with E-state index in [1.54, 1.807) is 11.3 Å². The average molecular weight is 269 g/mol. The topological polar surface area (TPSA) is 54.7 Å². The highest BCUT2D eigenvalue weighted by Crippen LogP contribution is 2.25. The van der Waals surface area contributed by atoms with Crippen molar-refractivity contribution >= 4 is 11.3 Å². The van der Waals surface area contributed by atoms with Crippen LogP contribution in [0.5, 0.6) is 0 Å². The van der Waals surface area contributed by atoms with E-state index in [0.29, 0.717) is 6.54 Å². The van der Waals surface area contributed by atoms with E-state index in [2.05, 4.69) is 38.9 Å². The van der Waals surface area contributed by atoms with Gasteiger partial charge in [-0.3, -0.25) is 0 Å². The minimum atomic E-state index is 0.119. The molecule has 3 rings (SSSR count). The Kier molecular flexibility index (Phi) is 3.44. The Bertz CT molecular complexity index is 628. The molecular weight excluding hydrogens is 254 g/mol. The Morgan fingerprint density at radius 3 is 2.74 bits per heavy atom. The van der Waals surface area contributed by atoms with E-state index in [1.807, 2.05) is 24.4 Å². The Morgan fingerprint density at radius 1 is 1.21 bits per heavy atom. The first kappa shape index (κ1) is 12.1. The number of nitrogens with one attached hydrogen (secondary N) is 1. The summed E-state index contributed by atoms with van der Waals surface area (Å²) < 4.78 is 0. The van der Waals surface area contributed by atoms with E-state index >= 15 is 0 Å². The maximum Gasteiger partial charge on any atom is 0.115 e. The molecule has 0 bridgehead atoms. The molecule has 0 radical (unpaired) electrons. The lowest BCUT2D eigenvalue weighted by atomic mass is 9.99. The lowest BCUT2D eigenvalue weighted by Crippen LogP contribution is -2.15. The summed E-state index contributed by atoms with van der Waals surface area (Å²) in [5.74, 6) is 1.04. The van der Waals surface area contributed by atoms with Gasteiger partial charge in [-0.1, -0.05) is 30.3 Å². The fraction of sp³-hybridized carbons (Fsp3) is 0.133. The highest BCUT2D eigenvalue weighted by molar-refractivity contribution is 7.08. The summed E-state index contributed by atoms with van der Waals surface area (Å²) in [6.07, 6.45) is 1.88. The lowest BCUT2D eigenvalue weighted by Gasteiger charge is -2.12. The number of hydrogen-bond acceptors (Lipinski definition) is 3. The summed E-state index contributed by atoms with van der Waals surface area (Å²) in [6.45, 7) is 0.542. The molecule has 0 fully saturated rings. The molecule has 0 aliphatic rings. The van der Waals surface area contributed by atoms with E-state index in [0.717, 1.165) is 11.5 Å². The van der Waals surface area contributed by atoms with E-state index in [-0.39, 0.29) is 5.92 Å². The second kappa shape index (κ2) is 5.38. The summed E-state index contributed by atoms with van der Waals surface area (Å²) >= 11 is 1.68. The third kappa shape index (κ3) is 2.45. The molecular formula is C15H15N3S. The van der Waals surface area contributed by atoms with Gasteiger partial charge in [-0.15, -0.1) is 0 Å². The first-order valence-electron chi connectivity index (χ1n) is 6.21. The summed E-state index contributed by atoms with van der Waals surface area (Å²) in [6, 6.07) is 12.3. The zero-order valence-electron chi connectivity index (χ0n) is 10.4. The van der Waals surface area contributed by atoms with Crippen LogP contribution in [-0.4, -0.2) is 16.5 Å². The summed E-state index contributed by atoms with van der Waals surface area (Å²) in [4.78, 5) is 7.87. The van der Waals surface area contributed by atoms with Crippen LogP contribution in [0.3, 0.4) is 0 Å². The molecule has 3 nitrogen and oxygen atoms in total. The van der Waals surface area contributed by atoms with E-state index in [1.165, 1.54) is 11.1 Å². The third-order valence-corrected chi connectivity index (χ3v) is 3.88. The number of benzene rings is 1. The van der Waals surface area contributed by atoms with Gasteiger partial charge in [0.15, 0.2) is 0 Å². The minimum Gasteiger partial charge on any atom is -0.341 e. The normalized spacial score (nSPS) is 12.5. The van der Waals surface area contributed by atoms with Crippen molar-refractivity contribution < 1.29 is 0 Å². The summed E-state index contributed by atoms with van der Waals surface area (Å²) in [5, 5.41) is 4.17. The van der Waals surface area contributed by atoms with Crippen molar-refractivity contribution in [3.8, 4) is 11.3 Å². The van der Waals surface area contributed by atoms with Gasteiger partial charge in [0.1, 0.15) is 5.82 Å². The van der Waals surface area contributed by atoms with E-state index < -0.39 is 0 Å². The van der Waals surface area contributed by atoms with E-state index in [4.69, 9.17) is 5.73 Å². The van der Waals surface area contributed by atoms with Crippen molar-refractivity contribution in [2.24, 2.45) is 5.73 Å². The molecule has 3 aromatic rings. The number of hydrogen-bond donors (Lipinski definition) is 2. The fourth-order valence-corrected chi connectivity index (χ4v) is 2.82. The third-order valence-electron chi connectivity index (χ3n) is 3.20. The summed E-state index contributed by atoms with van der Waals surface area (Å²) in [5.41, 5.74) is 9.32. The predicted octanol–water partition coefficient (Wildman–Crippen LogP) is 3.23. The standard InChI is InChI=1S/C15H15N3S/c16-8-13(11-4-2-1-3-5-11)15-17-9-14(18-15)12-6-7-19-10-12/h1-7,9-10,13H,8,16H2,(H,17,18). The van der Waals surface area contributed by atoms with Gasteiger partial charge in [-0.05, 0) is 17.0 Å². The molecule has 3 N–H and O–H groups in total. The molecule has 2 aromatic heterocycles. The zero-order valence-corrected chi connectivity index (χ0v) is 11.2. The number of thiophene rings is 1. The monoisotopic (exact) mass is 269 g/mol. The molecule has 2 heterocycles. The van der Waals surface area contributed by atoms with Gasteiger partial charge in [-0.25, -0.2) is 4.98 Å². The van der Waals surface area contributed by atoms with Gasteiger partial charge in [-0.2, -0.15) is 11.3 Å². The molecule has 0 spiro atoms. The molecule has 0 aliphatic heterocycles. The van der Waals surface area contributed by atoms with Crippen molar-refractivity contribution in [2.75, 3.05) is 6.54 Å². The average Bonchev–Trinajstić information content (AvgIpc) is 3.11. The summed E-state index contributed by atoms with van der Waals surface area (Å²) in [7, 11) is 0. The molecule has 0 saturated heterocycles. The van der Waals surface area contributed by atoms with Gasteiger partial charge in [0.05, 0.1) is 17.8 Å². The highest BCUT2D eigenvalue weighted by Gasteiger charge is 2.16. The molecule has 4 heteroatoms. The number of imidazole rings is 1. The van der Waals surface area contributed by atoms with Crippen LogP contribution in [0.15, 0.2) is 53.4 Å². The molecule has 0 saturated carbocycles. The van der Waals surface area contributed by atoms with Crippen LogP contribution in [-0.2, 0) is 0 Å². The maximum absolute atomic E-state index is 5.91. The van der Waals surface area contributed by atoms with Crippen LogP contribution in [0, 0.1) is 0 Å². The quantitative estimate of drug-likeness (QED) is 0.764. The molecule has 0 amide bonds.